The number of rotatable bonds is 5. The lowest BCUT2D eigenvalue weighted by Gasteiger charge is -2.18. The summed E-state index contributed by atoms with van der Waals surface area (Å²) in [6, 6.07) is 13.6. The average Bonchev–Trinajstić information content (AvgIpc) is 3.46. The number of carbonyl (C=O) groups is 1. The van der Waals surface area contributed by atoms with Crippen LogP contribution in [0, 0.1) is 13.8 Å². The Morgan fingerprint density at radius 2 is 2.03 bits per heavy atom. The highest BCUT2D eigenvalue weighted by molar-refractivity contribution is 7.22. The summed E-state index contributed by atoms with van der Waals surface area (Å²) in [5.74, 6) is 1.25. The third-order valence-electron chi connectivity index (χ3n) is 5.45. The highest BCUT2D eigenvalue weighted by atomic mass is 32.1. The maximum Gasteiger partial charge on any atom is 0.253 e. The Bertz CT molecular complexity index is 1330. The Hall–Kier alpha value is -3.71. The van der Waals surface area contributed by atoms with Gasteiger partial charge >= 0.3 is 0 Å². The van der Waals surface area contributed by atoms with Gasteiger partial charge < -0.3 is 9.47 Å². The van der Waals surface area contributed by atoms with E-state index in [0.717, 1.165) is 26.9 Å². The summed E-state index contributed by atoms with van der Waals surface area (Å²) in [5, 5.41) is 0.665. The highest BCUT2D eigenvalue weighted by Crippen LogP contribution is 2.34. The molecule has 5 rings (SSSR count). The first-order valence-electron chi connectivity index (χ1n) is 10.2. The van der Waals surface area contributed by atoms with Crippen LogP contribution >= 0.6 is 11.3 Å². The molecule has 3 heterocycles. The molecule has 0 saturated heterocycles. The molecule has 0 radical (unpaired) electrons. The summed E-state index contributed by atoms with van der Waals surface area (Å²) in [6.45, 7) is 4.74. The van der Waals surface area contributed by atoms with Gasteiger partial charge in [-0.05, 0) is 66.4 Å². The van der Waals surface area contributed by atoms with Gasteiger partial charge in [0.25, 0.3) is 5.91 Å². The number of carbonyl (C=O) groups excluding carboxylic acids is 1. The number of aromatic nitrogens is 2. The average molecular weight is 444 g/mol. The quantitative estimate of drug-likeness (QED) is 0.393. The first kappa shape index (κ1) is 20.2. The molecule has 0 atom stereocenters. The molecular weight excluding hydrogens is 422 g/mol. The van der Waals surface area contributed by atoms with Crippen molar-refractivity contribution >= 4 is 38.7 Å². The van der Waals surface area contributed by atoms with Crippen molar-refractivity contribution in [2.75, 3.05) is 11.7 Å². The Morgan fingerprint density at radius 1 is 1.16 bits per heavy atom. The zero-order valence-corrected chi connectivity index (χ0v) is 18.6. The number of aryl methyl sites for hydroxylation is 2. The van der Waals surface area contributed by atoms with Crippen LogP contribution in [0.1, 0.15) is 22.3 Å². The molecule has 2 aromatic heterocycles. The normalized spacial score (nSPS) is 12.6. The monoisotopic (exact) mass is 443 g/mol. The van der Waals surface area contributed by atoms with E-state index in [-0.39, 0.29) is 12.7 Å². The lowest BCUT2D eigenvalue weighted by atomic mass is 10.1. The predicted molar refractivity (Wildman–Crippen MR) is 126 cm³/mol. The number of ether oxygens (including phenoxy) is 2. The van der Waals surface area contributed by atoms with Crippen molar-refractivity contribution in [2.24, 2.45) is 0 Å². The number of anilines is 1. The lowest BCUT2D eigenvalue weighted by Crippen LogP contribution is -2.28. The van der Waals surface area contributed by atoms with E-state index in [0.29, 0.717) is 23.2 Å². The first-order valence-corrected chi connectivity index (χ1v) is 11.0. The Balaban J connectivity index is 1.48. The van der Waals surface area contributed by atoms with Crippen LogP contribution in [0.25, 0.3) is 16.3 Å². The molecular formula is C25H21N3O3S. The standard InChI is InChI=1S/C25H21N3O3S/c1-16-5-9-22-24(17(16)2)27-25(32-22)28(14-19-4-3-11-26-13-19)23(29)10-7-18-6-8-20-21(12-18)31-15-30-20/h3-13H,14-15H2,1-2H3/b10-7+. The number of nitrogens with zero attached hydrogens (tertiary/aromatic N) is 3. The Kier molecular flexibility index (Phi) is 5.33. The van der Waals surface area contributed by atoms with Crippen LogP contribution in [0.2, 0.25) is 0 Å². The third kappa shape index (κ3) is 3.94. The topological polar surface area (TPSA) is 64.6 Å². The van der Waals surface area contributed by atoms with Gasteiger partial charge in [0, 0.05) is 18.5 Å². The molecule has 0 saturated carbocycles. The van der Waals surface area contributed by atoms with Gasteiger partial charge in [0.05, 0.1) is 16.8 Å². The first-order chi connectivity index (χ1) is 15.6. The maximum absolute atomic E-state index is 13.3. The summed E-state index contributed by atoms with van der Waals surface area (Å²) in [6.07, 6.45) is 6.84. The number of fused-ring (bicyclic) bond motifs is 2. The van der Waals surface area contributed by atoms with Gasteiger partial charge in [-0.25, -0.2) is 4.98 Å². The van der Waals surface area contributed by atoms with E-state index in [9.17, 15) is 4.79 Å². The summed E-state index contributed by atoms with van der Waals surface area (Å²) in [5.41, 5.74) is 5.05. The molecule has 0 bridgehead atoms. The number of amides is 1. The molecule has 0 aliphatic carbocycles. The molecule has 4 aromatic rings. The molecule has 0 spiro atoms. The van der Waals surface area contributed by atoms with Crippen LogP contribution in [-0.4, -0.2) is 22.7 Å². The zero-order chi connectivity index (χ0) is 22.1. The smallest absolute Gasteiger partial charge is 0.253 e. The predicted octanol–water partition coefficient (Wildman–Crippen LogP) is 5.28. The van der Waals surface area contributed by atoms with Crippen LogP contribution in [0.5, 0.6) is 11.5 Å². The van der Waals surface area contributed by atoms with Crippen molar-refractivity contribution in [1.29, 1.82) is 0 Å². The molecule has 160 valence electrons. The molecule has 32 heavy (non-hydrogen) atoms. The minimum atomic E-state index is -0.153. The van der Waals surface area contributed by atoms with Crippen LogP contribution < -0.4 is 14.4 Å². The van der Waals surface area contributed by atoms with Crippen LogP contribution in [0.15, 0.2) is 60.9 Å². The third-order valence-corrected chi connectivity index (χ3v) is 6.49. The van der Waals surface area contributed by atoms with Gasteiger partial charge in [0.2, 0.25) is 6.79 Å². The van der Waals surface area contributed by atoms with Crippen LogP contribution in [-0.2, 0) is 11.3 Å². The van der Waals surface area contributed by atoms with E-state index in [1.54, 1.807) is 29.4 Å². The van der Waals surface area contributed by atoms with E-state index in [1.165, 1.54) is 16.9 Å². The lowest BCUT2D eigenvalue weighted by molar-refractivity contribution is -0.114. The fourth-order valence-corrected chi connectivity index (χ4v) is 4.55. The molecule has 6 nitrogen and oxygen atoms in total. The van der Waals surface area contributed by atoms with E-state index in [1.807, 2.05) is 30.3 Å². The van der Waals surface area contributed by atoms with Gasteiger partial charge in [0.15, 0.2) is 16.6 Å². The molecule has 1 aliphatic rings. The number of hydrogen-bond donors (Lipinski definition) is 0. The fourth-order valence-electron chi connectivity index (χ4n) is 3.52. The summed E-state index contributed by atoms with van der Waals surface area (Å²) < 4.78 is 11.8. The van der Waals surface area contributed by atoms with Crippen molar-refractivity contribution in [3.8, 4) is 11.5 Å². The second-order valence-electron chi connectivity index (χ2n) is 7.58. The maximum atomic E-state index is 13.3. The summed E-state index contributed by atoms with van der Waals surface area (Å²) >= 11 is 1.52. The van der Waals surface area contributed by atoms with E-state index in [2.05, 4.69) is 31.0 Å². The molecule has 7 heteroatoms. The highest BCUT2D eigenvalue weighted by Gasteiger charge is 2.20. The second kappa shape index (κ2) is 8.43. The molecule has 1 aliphatic heterocycles. The van der Waals surface area contributed by atoms with Crippen molar-refractivity contribution in [1.82, 2.24) is 9.97 Å². The second-order valence-corrected chi connectivity index (χ2v) is 8.59. The number of pyridine rings is 1. The molecule has 0 fully saturated rings. The van der Waals surface area contributed by atoms with Crippen LogP contribution in [0.3, 0.4) is 0 Å². The number of hydrogen-bond acceptors (Lipinski definition) is 6. The Labute approximate surface area is 189 Å². The summed E-state index contributed by atoms with van der Waals surface area (Å²) in [7, 11) is 0. The van der Waals surface area contributed by atoms with Crippen molar-refractivity contribution < 1.29 is 14.3 Å². The van der Waals surface area contributed by atoms with Crippen LogP contribution in [0.4, 0.5) is 5.13 Å². The van der Waals surface area contributed by atoms with Crippen molar-refractivity contribution in [2.45, 2.75) is 20.4 Å². The molecule has 0 N–H and O–H groups in total. The zero-order valence-electron chi connectivity index (χ0n) is 17.7. The van der Waals surface area contributed by atoms with Crippen molar-refractivity contribution in [3.63, 3.8) is 0 Å². The summed E-state index contributed by atoms with van der Waals surface area (Å²) in [4.78, 5) is 24.0. The molecule has 1 amide bonds. The number of thiazole rings is 1. The van der Waals surface area contributed by atoms with Gasteiger partial charge in [-0.3, -0.25) is 14.7 Å². The molecule has 0 unspecified atom stereocenters. The van der Waals surface area contributed by atoms with Gasteiger partial charge in [0.1, 0.15) is 0 Å². The SMILES string of the molecule is Cc1ccc2sc(N(Cc3cccnc3)C(=O)/C=C/c3ccc4c(c3)OCO4)nc2c1C. The minimum absolute atomic E-state index is 0.153. The van der Waals surface area contributed by atoms with Gasteiger partial charge in [-0.15, -0.1) is 0 Å². The van der Waals surface area contributed by atoms with Gasteiger partial charge in [-0.1, -0.05) is 29.5 Å². The largest absolute Gasteiger partial charge is 0.454 e. The fraction of sp³-hybridized carbons (Fsp3) is 0.160. The number of benzene rings is 2. The molecule has 2 aromatic carbocycles. The van der Waals surface area contributed by atoms with E-state index in [4.69, 9.17) is 14.5 Å². The Morgan fingerprint density at radius 3 is 2.88 bits per heavy atom. The minimum Gasteiger partial charge on any atom is -0.454 e. The van der Waals surface area contributed by atoms with Gasteiger partial charge in [-0.2, -0.15) is 0 Å². The van der Waals surface area contributed by atoms with Crippen molar-refractivity contribution in [3.05, 3.63) is 83.2 Å². The van der Waals surface area contributed by atoms with E-state index < -0.39 is 0 Å². The van der Waals surface area contributed by atoms with E-state index >= 15 is 0 Å².